The van der Waals surface area contributed by atoms with E-state index in [1.54, 1.807) is 23.6 Å². The standard InChI is InChI=1S/C13H13ClN2O2S/c1-8(12-15-4-5-19-12)7-16-11-3-2-9(13(17)18)6-10(11)14/h2-6,8,16H,7H2,1H3,(H,17,18). The van der Waals surface area contributed by atoms with Crippen molar-refractivity contribution in [2.45, 2.75) is 12.8 Å². The summed E-state index contributed by atoms with van der Waals surface area (Å²) in [6.45, 7) is 2.77. The fourth-order valence-corrected chi connectivity index (χ4v) is 2.57. The van der Waals surface area contributed by atoms with Crippen LogP contribution in [0.5, 0.6) is 0 Å². The van der Waals surface area contributed by atoms with E-state index < -0.39 is 5.97 Å². The highest BCUT2D eigenvalue weighted by Gasteiger charge is 2.10. The summed E-state index contributed by atoms with van der Waals surface area (Å²) >= 11 is 7.66. The van der Waals surface area contributed by atoms with E-state index in [1.807, 2.05) is 5.38 Å². The maximum atomic E-state index is 10.8. The van der Waals surface area contributed by atoms with E-state index >= 15 is 0 Å². The molecule has 2 aromatic rings. The van der Waals surface area contributed by atoms with Gasteiger partial charge in [-0.1, -0.05) is 18.5 Å². The van der Waals surface area contributed by atoms with Gasteiger partial charge in [-0.2, -0.15) is 0 Å². The van der Waals surface area contributed by atoms with Crippen molar-refractivity contribution < 1.29 is 9.90 Å². The number of hydrogen-bond donors (Lipinski definition) is 2. The van der Waals surface area contributed by atoms with Gasteiger partial charge in [0.05, 0.1) is 21.3 Å². The molecule has 0 aliphatic heterocycles. The van der Waals surface area contributed by atoms with Crippen molar-refractivity contribution in [3.05, 3.63) is 45.4 Å². The van der Waals surface area contributed by atoms with Gasteiger partial charge in [0, 0.05) is 24.0 Å². The van der Waals surface area contributed by atoms with Crippen molar-refractivity contribution in [1.29, 1.82) is 0 Å². The highest BCUT2D eigenvalue weighted by atomic mass is 35.5. The average molecular weight is 297 g/mol. The molecule has 1 unspecified atom stereocenters. The monoisotopic (exact) mass is 296 g/mol. The van der Waals surface area contributed by atoms with E-state index in [2.05, 4.69) is 17.2 Å². The number of nitrogens with one attached hydrogen (secondary N) is 1. The third-order valence-electron chi connectivity index (χ3n) is 2.69. The van der Waals surface area contributed by atoms with Crippen LogP contribution in [0.15, 0.2) is 29.8 Å². The van der Waals surface area contributed by atoms with Crippen LogP contribution in [0, 0.1) is 0 Å². The Kier molecular flexibility index (Phi) is 4.39. The zero-order chi connectivity index (χ0) is 13.8. The van der Waals surface area contributed by atoms with Crippen LogP contribution >= 0.6 is 22.9 Å². The first-order valence-electron chi connectivity index (χ1n) is 5.74. The molecule has 0 saturated carbocycles. The number of carbonyl (C=O) groups is 1. The second-order valence-corrected chi connectivity index (χ2v) is 5.49. The highest BCUT2D eigenvalue weighted by molar-refractivity contribution is 7.09. The summed E-state index contributed by atoms with van der Waals surface area (Å²) in [5.41, 5.74) is 0.915. The van der Waals surface area contributed by atoms with Gasteiger partial charge in [-0.3, -0.25) is 0 Å². The van der Waals surface area contributed by atoms with Crippen molar-refractivity contribution in [2.75, 3.05) is 11.9 Å². The number of hydrogen-bond acceptors (Lipinski definition) is 4. The lowest BCUT2D eigenvalue weighted by Crippen LogP contribution is -2.10. The largest absolute Gasteiger partial charge is 0.478 e. The first-order chi connectivity index (χ1) is 9.08. The Labute approximate surface area is 120 Å². The molecule has 6 heteroatoms. The van der Waals surface area contributed by atoms with E-state index in [1.165, 1.54) is 12.1 Å². The first-order valence-corrected chi connectivity index (χ1v) is 7.00. The summed E-state index contributed by atoms with van der Waals surface area (Å²) in [5.74, 6) is -0.708. The van der Waals surface area contributed by atoms with Crippen LogP contribution in [0.3, 0.4) is 0 Å². The molecule has 19 heavy (non-hydrogen) atoms. The fourth-order valence-electron chi connectivity index (χ4n) is 1.62. The molecule has 0 aliphatic rings. The second kappa shape index (κ2) is 6.04. The van der Waals surface area contributed by atoms with Crippen LogP contribution in [0.2, 0.25) is 5.02 Å². The summed E-state index contributed by atoms with van der Waals surface area (Å²) in [5, 5.41) is 15.5. The van der Waals surface area contributed by atoms with Crippen molar-refractivity contribution in [3.63, 3.8) is 0 Å². The van der Waals surface area contributed by atoms with Gasteiger partial charge < -0.3 is 10.4 Å². The van der Waals surface area contributed by atoms with Crippen molar-refractivity contribution >= 4 is 34.6 Å². The molecule has 4 nitrogen and oxygen atoms in total. The quantitative estimate of drug-likeness (QED) is 0.883. The molecule has 0 aliphatic carbocycles. The van der Waals surface area contributed by atoms with Crippen LogP contribution in [0.25, 0.3) is 0 Å². The highest BCUT2D eigenvalue weighted by Crippen LogP contribution is 2.25. The summed E-state index contributed by atoms with van der Waals surface area (Å²) in [4.78, 5) is 15.1. The Hall–Kier alpha value is -1.59. The van der Waals surface area contributed by atoms with Gasteiger partial charge in [0.25, 0.3) is 0 Å². The van der Waals surface area contributed by atoms with E-state index in [9.17, 15) is 4.79 Å². The van der Waals surface area contributed by atoms with Crippen LogP contribution < -0.4 is 5.32 Å². The van der Waals surface area contributed by atoms with Crippen LogP contribution in [0.1, 0.15) is 28.2 Å². The number of thiazole rings is 1. The number of halogens is 1. The number of rotatable bonds is 5. The molecule has 1 aromatic heterocycles. The average Bonchev–Trinajstić information content (AvgIpc) is 2.90. The normalized spacial score (nSPS) is 12.1. The SMILES string of the molecule is CC(CNc1ccc(C(=O)O)cc1Cl)c1nccs1. The number of carboxylic acid groups (broad SMARTS) is 1. The minimum atomic E-state index is -0.982. The molecular weight excluding hydrogens is 284 g/mol. The summed E-state index contributed by atoms with van der Waals surface area (Å²) < 4.78 is 0. The number of aromatic nitrogens is 1. The third-order valence-corrected chi connectivity index (χ3v) is 4.01. The van der Waals surface area contributed by atoms with Crippen LogP contribution in [-0.2, 0) is 0 Å². The summed E-state index contributed by atoms with van der Waals surface area (Å²) in [6.07, 6.45) is 1.78. The Morgan fingerprint density at radius 2 is 2.37 bits per heavy atom. The number of anilines is 1. The van der Waals surface area contributed by atoms with Crippen molar-refractivity contribution in [2.24, 2.45) is 0 Å². The lowest BCUT2D eigenvalue weighted by molar-refractivity contribution is 0.0697. The van der Waals surface area contributed by atoms with E-state index in [4.69, 9.17) is 16.7 Å². The molecule has 2 rings (SSSR count). The molecule has 0 saturated heterocycles. The molecule has 0 radical (unpaired) electrons. The van der Waals surface area contributed by atoms with Crippen LogP contribution in [0.4, 0.5) is 5.69 Å². The van der Waals surface area contributed by atoms with Gasteiger partial charge in [0.1, 0.15) is 0 Å². The third kappa shape index (κ3) is 3.45. The Morgan fingerprint density at radius 3 is 2.95 bits per heavy atom. The number of aromatic carboxylic acids is 1. The predicted octanol–water partition coefficient (Wildman–Crippen LogP) is 3.71. The number of nitrogens with zero attached hydrogens (tertiary/aromatic N) is 1. The van der Waals surface area contributed by atoms with E-state index in [0.29, 0.717) is 11.6 Å². The number of carboxylic acids is 1. The van der Waals surface area contributed by atoms with Crippen LogP contribution in [-0.4, -0.2) is 22.6 Å². The van der Waals surface area contributed by atoms with Crippen molar-refractivity contribution in [3.8, 4) is 0 Å². The van der Waals surface area contributed by atoms with Gasteiger partial charge in [-0.05, 0) is 18.2 Å². The second-order valence-electron chi connectivity index (χ2n) is 4.15. The first kappa shape index (κ1) is 13.8. The number of benzene rings is 1. The van der Waals surface area contributed by atoms with Gasteiger partial charge in [-0.15, -0.1) is 11.3 Å². The maximum Gasteiger partial charge on any atom is 0.335 e. The minimum Gasteiger partial charge on any atom is -0.478 e. The predicted molar refractivity (Wildman–Crippen MR) is 77.4 cm³/mol. The molecule has 1 atom stereocenters. The Balaban J connectivity index is 2.02. The van der Waals surface area contributed by atoms with Gasteiger partial charge in [-0.25, -0.2) is 9.78 Å². The maximum absolute atomic E-state index is 10.8. The smallest absolute Gasteiger partial charge is 0.335 e. The van der Waals surface area contributed by atoms with Crippen molar-refractivity contribution in [1.82, 2.24) is 4.98 Å². The molecule has 1 aromatic carbocycles. The zero-order valence-corrected chi connectivity index (χ0v) is 11.8. The molecule has 100 valence electrons. The topological polar surface area (TPSA) is 62.2 Å². The molecule has 1 heterocycles. The molecule has 0 spiro atoms. The minimum absolute atomic E-state index is 0.184. The molecular formula is C13H13ClN2O2S. The molecule has 0 fully saturated rings. The lowest BCUT2D eigenvalue weighted by Gasteiger charge is -2.12. The Bertz CT molecular complexity index is 572. The van der Waals surface area contributed by atoms with E-state index in [-0.39, 0.29) is 11.5 Å². The molecule has 0 bridgehead atoms. The van der Waals surface area contributed by atoms with Gasteiger partial charge >= 0.3 is 5.97 Å². The fraction of sp³-hybridized carbons (Fsp3) is 0.231. The summed E-state index contributed by atoms with van der Waals surface area (Å²) in [7, 11) is 0. The summed E-state index contributed by atoms with van der Waals surface area (Å²) in [6, 6.07) is 4.66. The van der Waals surface area contributed by atoms with Gasteiger partial charge in [0.2, 0.25) is 0 Å². The van der Waals surface area contributed by atoms with Gasteiger partial charge in [0.15, 0.2) is 0 Å². The lowest BCUT2D eigenvalue weighted by atomic mass is 10.1. The Morgan fingerprint density at radius 1 is 1.58 bits per heavy atom. The molecule has 2 N–H and O–H groups in total. The van der Waals surface area contributed by atoms with E-state index in [0.717, 1.165) is 10.7 Å². The molecule has 0 amide bonds. The zero-order valence-electron chi connectivity index (χ0n) is 10.3.